The molecule has 248 valence electrons. The molecule has 0 aliphatic heterocycles. The average molecular weight is 631 g/mol. The molecular weight excluding hydrogens is 553 g/mol. The smallest absolute Gasteiger partial charge is 0.00451 e. The van der Waals surface area contributed by atoms with E-state index in [0.717, 1.165) is 0 Å². The molecule has 0 rings (SSSR count). The van der Waals surface area contributed by atoms with Crippen LogP contribution in [0.3, 0.4) is 0 Å². The topological polar surface area (TPSA) is 0 Å². The van der Waals surface area contributed by atoms with Crippen LogP contribution in [0.25, 0.3) is 0 Å². The molecular formula is C38H78S3. The Morgan fingerprint density at radius 1 is 0.220 bits per heavy atom. The van der Waals surface area contributed by atoms with Crippen molar-refractivity contribution in [2.75, 3.05) is 11.5 Å². The molecule has 0 radical (unpaired) electrons. The summed E-state index contributed by atoms with van der Waals surface area (Å²) in [5, 5.41) is 0. The maximum atomic E-state index is 2.31. The van der Waals surface area contributed by atoms with Gasteiger partial charge in [-0.15, -0.1) is 0 Å². The van der Waals surface area contributed by atoms with Gasteiger partial charge >= 0.3 is 0 Å². The molecule has 0 spiro atoms. The van der Waals surface area contributed by atoms with Crippen molar-refractivity contribution in [2.24, 2.45) is 0 Å². The summed E-state index contributed by atoms with van der Waals surface area (Å²) in [5.41, 5.74) is 0. The van der Waals surface area contributed by atoms with E-state index in [1.165, 1.54) is 230 Å². The quantitative estimate of drug-likeness (QED) is 0.0492. The maximum absolute atomic E-state index is 2.31. The molecule has 0 bridgehead atoms. The lowest BCUT2D eigenvalue weighted by molar-refractivity contribution is 0.529. The number of unbranched alkanes of at least 4 members (excludes halogenated alkanes) is 32. The second-order valence-electron chi connectivity index (χ2n) is 13.0. The largest absolute Gasteiger partial charge is 0.0826 e. The van der Waals surface area contributed by atoms with Crippen LogP contribution in [0.2, 0.25) is 0 Å². The van der Waals surface area contributed by atoms with Crippen LogP contribution in [0.4, 0.5) is 0 Å². The fourth-order valence-corrected chi connectivity index (χ4v) is 9.88. The molecule has 0 aromatic rings. The van der Waals surface area contributed by atoms with Gasteiger partial charge in [-0.3, -0.25) is 0 Å². The van der Waals surface area contributed by atoms with Gasteiger partial charge < -0.3 is 0 Å². The normalized spacial score (nSPS) is 11.6. The summed E-state index contributed by atoms with van der Waals surface area (Å²) in [6.07, 6.45) is 49.9. The Balaban J connectivity index is 3.02. The van der Waals surface area contributed by atoms with Crippen molar-refractivity contribution in [3.8, 4) is 0 Å². The second-order valence-corrected chi connectivity index (χ2v) is 17.5. The van der Waals surface area contributed by atoms with Gasteiger partial charge in [0.2, 0.25) is 0 Å². The van der Waals surface area contributed by atoms with Gasteiger partial charge in [-0.2, -0.15) is 0 Å². The molecule has 0 N–H and O–H groups in total. The van der Waals surface area contributed by atoms with Crippen LogP contribution in [-0.2, 0) is 0 Å². The standard InChI is InChI=1S/C38H78S3/c1-3-5-7-9-11-13-15-17-19-21-23-25-27-29-31-33-35-37-39-41-40-38-36-34-32-30-28-26-24-22-20-18-16-14-12-10-8-6-4-2/h3-38H2,1-2H3. The summed E-state index contributed by atoms with van der Waals surface area (Å²) in [6, 6.07) is 0. The monoisotopic (exact) mass is 631 g/mol. The maximum Gasteiger partial charge on any atom is 0.00451 e. The molecule has 0 aromatic heterocycles. The highest BCUT2D eigenvalue weighted by molar-refractivity contribution is 9.09. The molecule has 0 aliphatic carbocycles. The van der Waals surface area contributed by atoms with Gasteiger partial charge in [0.05, 0.1) is 0 Å². The van der Waals surface area contributed by atoms with Gasteiger partial charge in [0.1, 0.15) is 0 Å². The number of hydrogen-bond donors (Lipinski definition) is 0. The first-order chi connectivity index (χ1) is 20.4. The van der Waals surface area contributed by atoms with Crippen molar-refractivity contribution in [3.05, 3.63) is 0 Å². The first-order valence-electron chi connectivity index (χ1n) is 19.3. The molecule has 3 heteroatoms. The third-order valence-corrected chi connectivity index (χ3v) is 13.2. The van der Waals surface area contributed by atoms with Crippen LogP contribution in [0.5, 0.6) is 0 Å². The van der Waals surface area contributed by atoms with Crippen LogP contribution in [0.1, 0.15) is 232 Å². The molecule has 0 saturated heterocycles. The van der Waals surface area contributed by atoms with Crippen molar-refractivity contribution in [3.63, 3.8) is 0 Å². The molecule has 0 unspecified atom stereocenters. The van der Waals surface area contributed by atoms with Gasteiger partial charge in [0.25, 0.3) is 0 Å². The Hall–Kier alpha value is 1.05. The highest BCUT2D eigenvalue weighted by Gasteiger charge is 1.98. The summed E-state index contributed by atoms with van der Waals surface area (Å²) in [6.45, 7) is 4.62. The van der Waals surface area contributed by atoms with Crippen LogP contribution in [0, 0.1) is 0 Å². The molecule has 0 atom stereocenters. The molecule has 0 aromatic carbocycles. The van der Waals surface area contributed by atoms with Gasteiger partial charge in [0.15, 0.2) is 0 Å². The lowest BCUT2D eigenvalue weighted by Gasteiger charge is -2.04. The van der Waals surface area contributed by atoms with E-state index in [4.69, 9.17) is 0 Å². The molecule has 0 nitrogen and oxygen atoms in total. The first-order valence-corrected chi connectivity index (χ1v) is 23.1. The fraction of sp³-hybridized carbons (Fsp3) is 1.00. The Morgan fingerprint density at radius 2 is 0.390 bits per heavy atom. The van der Waals surface area contributed by atoms with E-state index in [9.17, 15) is 0 Å². The number of hydrogen-bond acceptors (Lipinski definition) is 3. The van der Waals surface area contributed by atoms with Gasteiger partial charge in [0, 0.05) is 11.5 Å². The van der Waals surface area contributed by atoms with Gasteiger partial charge in [-0.25, -0.2) is 0 Å². The van der Waals surface area contributed by atoms with E-state index in [1.807, 2.05) is 0 Å². The molecule has 0 aliphatic rings. The summed E-state index contributed by atoms with van der Waals surface area (Å²) in [4.78, 5) is 0. The minimum atomic E-state index is 1.36. The molecule has 0 saturated carbocycles. The van der Waals surface area contributed by atoms with E-state index >= 15 is 0 Å². The van der Waals surface area contributed by atoms with Crippen LogP contribution < -0.4 is 0 Å². The third-order valence-electron chi connectivity index (χ3n) is 8.76. The van der Waals surface area contributed by atoms with Gasteiger partial charge in [-0.05, 0) is 22.7 Å². The van der Waals surface area contributed by atoms with Crippen LogP contribution in [0.15, 0.2) is 0 Å². The highest BCUT2D eigenvalue weighted by Crippen LogP contribution is 2.35. The Morgan fingerprint density at radius 3 is 0.585 bits per heavy atom. The SMILES string of the molecule is CCCCCCCCCCCCCCCCCCCSSSCCCCCCCCCCCCCCCCCCC. The lowest BCUT2D eigenvalue weighted by Crippen LogP contribution is -1.84. The molecule has 0 amide bonds. The molecule has 0 fully saturated rings. The average Bonchev–Trinajstić information content (AvgIpc) is 2.98. The predicted octanol–water partition coefficient (Wildman–Crippen LogP) is 16.3. The van der Waals surface area contributed by atoms with Crippen molar-refractivity contribution in [1.29, 1.82) is 0 Å². The summed E-state index contributed by atoms with van der Waals surface area (Å²) >= 11 is 0. The van der Waals surface area contributed by atoms with Crippen LogP contribution >= 0.6 is 31.4 Å². The molecule has 0 heterocycles. The lowest BCUT2D eigenvalue weighted by atomic mass is 10.0. The summed E-state index contributed by atoms with van der Waals surface area (Å²) in [7, 11) is 6.28. The minimum Gasteiger partial charge on any atom is -0.0826 e. The van der Waals surface area contributed by atoms with E-state index in [0.29, 0.717) is 0 Å². The van der Waals surface area contributed by atoms with Crippen molar-refractivity contribution >= 4 is 31.4 Å². The fourth-order valence-electron chi connectivity index (χ4n) is 5.87. The zero-order valence-corrected chi connectivity index (χ0v) is 31.1. The zero-order chi connectivity index (χ0) is 29.6. The van der Waals surface area contributed by atoms with E-state index in [-0.39, 0.29) is 0 Å². The van der Waals surface area contributed by atoms with Crippen molar-refractivity contribution in [2.45, 2.75) is 232 Å². The third kappa shape index (κ3) is 41.1. The second kappa shape index (κ2) is 41.0. The Bertz CT molecular complexity index is 390. The first kappa shape index (κ1) is 42.0. The summed E-state index contributed by atoms with van der Waals surface area (Å²) < 4.78 is 0. The van der Waals surface area contributed by atoms with Gasteiger partial charge in [-0.1, -0.05) is 241 Å². The predicted molar refractivity (Wildman–Crippen MR) is 201 cm³/mol. The van der Waals surface area contributed by atoms with Crippen LogP contribution in [-0.4, -0.2) is 11.5 Å². The van der Waals surface area contributed by atoms with E-state index in [2.05, 4.69) is 45.3 Å². The zero-order valence-electron chi connectivity index (χ0n) is 28.7. The van der Waals surface area contributed by atoms with E-state index in [1.54, 1.807) is 0 Å². The minimum absolute atomic E-state index is 1.36. The summed E-state index contributed by atoms with van der Waals surface area (Å²) in [5.74, 6) is 2.71. The number of rotatable bonds is 38. The Labute approximate surface area is 273 Å². The van der Waals surface area contributed by atoms with Crippen molar-refractivity contribution in [1.82, 2.24) is 0 Å². The highest BCUT2D eigenvalue weighted by atomic mass is 33.5. The van der Waals surface area contributed by atoms with Crippen molar-refractivity contribution < 1.29 is 0 Å². The molecule has 41 heavy (non-hydrogen) atoms. The van der Waals surface area contributed by atoms with E-state index < -0.39 is 0 Å². The Kier molecular flexibility index (Phi) is 42.1.